The first-order chi connectivity index (χ1) is 7.99. The third-order valence-corrected chi connectivity index (χ3v) is 2.09. The predicted octanol–water partition coefficient (Wildman–Crippen LogP) is 0.383. The second-order valence-electron chi connectivity index (χ2n) is 3.04. The molecular formula is C10H12N2O4S. The van der Waals surface area contributed by atoms with Gasteiger partial charge >= 0.3 is 0 Å². The first-order valence-electron chi connectivity index (χ1n) is 4.55. The Labute approximate surface area is 103 Å². The van der Waals surface area contributed by atoms with Crippen LogP contribution in [0, 0.1) is 0 Å². The lowest BCUT2D eigenvalue weighted by atomic mass is 10.1. The molecule has 1 rings (SSSR count). The van der Waals surface area contributed by atoms with E-state index in [9.17, 15) is 9.90 Å². The number of thiocarbonyl (C=S) groups is 1. The highest BCUT2D eigenvalue weighted by atomic mass is 32.1. The Morgan fingerprint density at radius 1 is 1.35 bits per heavy atom. The minimum absolute atomic E-state index is 0.00421. The maximum atomic E-state index is 11.6. The topological polar surface area (TPSA) is 93.8 Å². The van der Waals surface area contributed by atoms with Gasteiger partial charge in [-0.1, -0.05) is 0 Å². The molecule has 0 bridgehead atoms. The lowest BCUT2D eigenvalue weighted by Gasteiger charge is -2.11. The molecule has 1 amide bonds. The number of carbonyl (C=O) groups is 1. The summed E-state index contributed by atoms with van der Waals surface area (Å²) in [6.07, 6.45) is 0. The molecule has 7 heteroatoms. The summed E-state index contributed by atoms with van der Waals surface area (Å²) >= 11 is 4.53. The Kier molecular flexibility index (Phi) is 4.11. The van der Waals surface area contributed by atoms with E-state index in [-0.39, 0.29) is 16.4 Å². The lowest BCUT2D eigenvalue weighted by molar-refractivity contribution is 0.0974. The Morgan fingerprint density at radius 3 is 2.35 bits per heavy atom. The number of carbonyl (C=O) groups excluding carboxylic acids is 1. The molecule has 0 heterocycles. The molecule has 0 aliphatic rings. The first-order valence-corrected chi connectivity index (χ1v) is 4.96. The van der Waals surface area contributed by atoms with Crippen LogP contribution in [0.15, 0.2) is 12.1 Å². The molecular weight excluding hydrogens is 244 g/mol. The number of nitrogens with one attached hydrogen (secondary N) is 1. The number of phenolic OH excluding ortho intramolecular Hbond substituents is 1. The van der Waals surface area contributed by atoms with Crippen LogP contribution in [0.4, 0.5) is 0 Å². The summed E-state index contributed by atoms with van der Waals surface area (Å²) in [4.78, 5) is 11.6. The van der Waals surface area contributed by atoms with Crippen LogP contribution in [0.5, 0.6) is 17.2 Å². The number of hydrogen-bond acceptors (Lipinski definition) is 5. The SMILES string of the molecule is COc1cc(O)c(C(=O)NC(N)=S)cc1OC. The van der Waals surface area contributed by atoms with E-state index in [1.54, 1.807) is 0 Å². The molecule has 0 saturated heterocycles. The molecule has 0 saturated carbocycles. The van der Waals surface area contributed by atoms with Gasteiger partial charge < -0.3 is 20.3 Å². The fourth-order valence-electron chi connectivity index (χ4n) is 1.23. The van der Waals surface area contributed by atoms with Gasteiger partial charge in [-0.15, -0.1) is 0 Å². The zero-order chi connectivity index (χ0) is 13.0. The number of nitrogens with two attached hydrogens (primary N) is 1. The second kappa shape index (κ2) is 5.35. The fourth-order valence-corrected chi connectivity index (χ4v) is 1.32. The monoisotopic (exact) mass is 256 g/mol. The van der Waals surface area contributed by atoms with E-state index >= 15 is 0 Å². The molecule has 6 nitrogen and oxygen atoms in total. The second-order valence-corrected chi connectivity index (χ2v) is 3.48. The van der Waals surface area contributed by atoms with Crippen molar-refractivity contribution in [1.29, 1.82) is 0 Å². The van der Waals surface area contributed by atoms with Crippen LogP contribution in [-0.4, -0.2) is 30.3 Å². The zero-order valence-electron chi connectivity index (χ0n) is 9.31. The molecule has 0 unspecified atom stereocenters. The van der Waals surface area contributed by atoms with Crippen LogP contribution < -0.4 is 20.5 Å². The molecule has 0 fully saturated rings. The van der Waals surface area contributed by atoms with Gasteiger partial charge in [0, 0.05) is 12.1 Å². The number of phenols is 1. The van der Waals surface area contributed by atoms with Crippen molar-refractivity contribution in [2.75, 3.05) is 14.2 Å². The van der Waals surface area contributed by atoms with Crippen LogP contribution in [0.1, 0.15) is 10.4 Å². The highest BCUT2D eigenvalue weighted by Gasteiger charge is 2.16. The zero-order valence-corrected chi connectivity index (χ0v) is 10.1. The van der Waals surface area contributed by atoms with Crippen molar-refractivity contribution < 1.29 is 19.4 Å². The van der Waals surface area contributed by atoms with E-state index in [1.807, 2.05) is 0 Å². The van der Waals surface area contributed by atoms with Gasteiger partial charge in [-0.05, 0) is 12.2 Å². The van der Waals surface area contributed by atoms with Gasteiger partial charge in [0.25, 0.3) is 5.91 Å². The molecule has 0 atom stereocenters. The lowest BCUT2D eigenvalue weighted by Crippen LogP contribution is -2.34. The Hall–Kier alpha value is -2.02. The average Bonchev–Trinajstić information content (AvgIpc) is 2.27. The molecule has 4 N–H and O–H groups in total. The van der Waals surface area contributed by atoms with E-state index in [2.05, 4.69) is 17.5 Å². The predicted molar refractivity (Wildman–Crippen MR) is 65.5 cm³/mol. The number of hydrogen-bond donors (Lipinski definition) is 3. The number of benzene rings is 1. The number of amides is 1. The van der Waals surface area contributed by atoms with Crippen molar-refractivity contribution in [2.24, 2.45) is 5.73 Å². The number of methoxy groups -OCH3 is 2. The maximum Gasteiger partial charge on any atom is 0.261 e. The average molecular weight is 256 g/mol. The summed E-state index contributed by atoms with van der Waals surface area (Å²) in [5, 5.41) is 11.7. The summed E-state index contributed by atoms with van der Waals surface area (Å²) in [6.45, 7) is 0. The van der Waals surface area contributed by atoms with Crippen LogP contribution >= 0.6 is 12.2 Å². The molecule has 92 valence electrons. The highest BCUT2D eigenvalue weighted by molar-refractivity contribution is 7.80. The van der Waals surface area contributed by atoms with E-state index in [0.29, 0.717) is 11.5 Å². The van der Waals surface area contributed by atoms with E-state index in [1.165, 1.54) is 26.4 Å². The summed E-state index contributed by atoms with van der Waals surface area (Å²) in [7, 11) is 2.84. The molecule has 0 radical (unpaired) electrons. The van der Waals surface area contributed by atoms with Crippen molar-refractivity contribution in [3.05, 3.63) is 17.7 Å². The number of ether oxygens (including phenoxy) is 2. The smallest absolute Gasteiger partial charge is 0.261 e. The minimum atomic E-state index is -0.615. The summed E-state index contributed by atoms with van der Waals surface area (Å²) in [5.41, 5.74) is 5.17. The van der Waals surface area contributed by atoms with Crippen molar-refractivity contribution in [2.45, 2.75) is 0 Å². The van der Waals surface area contributed by atoms with Gasteiger partial charge in [0.05, 0.1) is 19.8 Å². The van der Waals surface area contributed by atoms with Crippen LogP contribution in [-0.2, 0) is 0 Å². The molecule has 17 heavy (non-hydrogen) atoms. The largest absolute Gasteiger partial charge is 0.507 e. The Balaban J connectivity index is 3.16. The van der Waals surface area contributed by atoms with Crippen molar-refractivity contribution in [1.82, 2.24) is 5.32 Å². The van der Waals surface area contributed by atoms with Crippen molar-refractivity contribution >= 4 is 23.2 Å². The van der Waals surface area contributed by atoms with Crippen LogP contribution in [0.2, 0.25) is 0 Å². The van der Waals surface area contributed by atoms with Gasteiger partial charge in [0.15, 0.2) is 16.6 Å². The molecule has 0 aliphatic heterocycles. The molecule has 0 spiro atoms. The van der Waals surface area contributed by atoms with Gasteiger partial charge in [-0.2, -0.15) is 0 Å². The van der Waals surface area contributed by atoms with Crippen LogP contribution in [0.3, 0.4) is 0 Å². The molecule has 1 aromatic rings. The fraction of sp³-hybridized carbons (Fsp3) is 0.200. The van der Waals surface area contributed by atoms with E-state index in [4.69, 9.17) is 15.2 Å². The Morgan fingerprint density at radius 2 is 1.88 bits per heavy atom. The van der Waals surface area contributed by atoms with Gasteiger partial charge in [0.1, 0.15) is 5.75 Å². The number of aromatic hydroxyl groups is 1. The summed E-state index contributed by atoms with van der Waals surface area (Å²) in [6, 6.07) is 2.61. The van der Waals surface area contributed by atoms with Crippen molar-refractivity contribution in [3.8, 4) is 17.2 Å². The first kappa shape index (κ1) is 13.0. The van der Waals surface area contributed by atoms with Crippen LogP contribution in [0.25, 0.3) is 0 Å². The van der Waals surface area contributed by atoms with E-state index in [0.717, 1.165) is 0 Å². The standard InChI is InChI=1S/C10H12N2O4S/c1-15-7-3-5(9(14)12-10(11)17)6(13)4-8(7)16-2/h3-4,13H,1-2H3,(H3,11,12,14,17). The molecule has 0 aliphatic carbocycles. The molecule has 0 aromatic heterocycles. The van der Waals surface area contributed by atoms with Gasteiger partial charge in [-0.25, -0.2) is 0 Å². The Bertz CT molecular complexity index is 462. The third-order valence-electron chi connectivity index (χ3n) is 1.98. The van der Waals surface area contributed by atoms with Gasteiger partial charge in [-0.3, -0.25) is 10.1 Å². The van der Waals surface area contributed by atoms with Gasteiger partial charge in [0.2, 0.25) is 0 Å². The summed E-state index contributed by atoms with van der Waals surface area (Å²) in [5.74, 6) is -0.234. The summed E-state index contributed by atoms with van der Waals surface area (Å²) < 4.78 is 9.97. The minimum Gasteiger partial charge on any atom is -0.507 e. The van der Waals surface area contributed by atoms with Crippen molar-refractivity contribution in [3.63, 3.8) is 0 Å². The van der Waals surface area contributed by atoms with E-state index < -0.39 is 5.91 Å². The third kappa shape index (κ3) is 2.97. The highest BCUT2D eigenvalue weighted by Crippen LogP contribution is 2.33. The molecule has 1 aromatic carbocycles. The normalized spacial score (nSPS) is 9.53. The number of rotatable bonds is 3. The quantitative estimate of drug-likeness (QED) is 0.677. The maximum absolute atomic E-state index is 11.6.